The van der Waals surface area contributed by atoms with Crippen molar-refractivity contribution < 1.29 is 0 Å². The topological polar surface area (TPSA) is 36.8 Å². The average Bonchev–Trinajstić information content (AvgIpc) is 1.89. The highest BCUT2D eigenvalue weighted by molar-refractivity contribution is 5.80. The van der Waals surface area contributed by atoms with Crippen molar-refractivity contribution in [3.63, 3.8) is 0 Å². The largest absolute Gasteiger partial charge is 0.297 e. The second-order valence-corrected chi connectivity index (χ2v) is 3.07. The molecule has 0 spiro atoms. The molecule has 0 amide bonds. The Labute approximate surface area is 61.2 Å². The molecule has 1 heterocycles. The number of hydrazone groups is 1. The molecule has 0 aromatic rings. The first-order chi connectivity index (χ1) is 4.65. The Balaban J connectivity index is 2.70. The number of nitrogens with zero attached hydrogens (tertiary/aromatic N) is 2. The highest BCUT2D eigenvalue weighted by atomic mass is 15.4. The molecule has 0 aromatic carbocycles. The first kappa shape index (κ1) is 7.25. The molecule has 0 aliphatic carbocycles. The molecular weight excluding hydrogens is 126 g/mol. The van der Waals surface area contributed by atoms with E-state index in [0.717, 1.165) is 0 Å². The van der Waals surface area contributed by atoms with Crippen LogP contribution in [0.2, 0.25) is 0 Å². The van der Waals surface area contributed by atoms with Gasteiger partial charge in [-0.25, -0.2) is 4.99 Å². The van der Waals surface area contributed by atoms with Gasteiger partial charge in [-0.2, -0.15) is 5.10 Å². The lowest BCUT2D eigenvalue weighted by atomic mass is 9.90. The minimum atomic E-state index is -0.0608. The van der Waals surface area contributed by atoms with E-state index < -0.39 is 0 Å². The van der Waals surface area contributed by atoms with E-state index >= 15 is 0 Å². The molecule has 0 aromatic heterocycles. The summed E-state index contributed by atoms with van der Waals surface area (Å²) < 4.78 is 0. The summed E-state index contributed by atoms with van der Waals surface area (Å²) in [6.07, 6.45) is 3.41. The van der Waals surface area contributed by atoms with Crippen molar-refractivity contribution in [2.45, 2.75) is 26.3 Å². The molecule has 1 atom stereocenters. The molecule has 10 heavy (non-hydrogen) atoms. The average molecular weight is 139 g/mol. The molecule has 0 saturated heterocycles. The Kier molecular flexibility index (Phi) is 1.74. The number of hydrogen-bond acceptors (Lipinski definition) is 3. The summed E-state index contributed by atoms with van der Waals surface area (Å²) in [6.45, 7) is 6.36. The smallest absolute Gasteiger partial charge is 0.134 e. The van der Waals surface area contributed by atoms with Gasteiger partial charge in [0.2, 0.25) is 0 Å². The minimum absolute atomic E-state index is 0.0608. The van der Waals surface area contributed by atoms with Crippen LogP contribution >= 0.6 is 0 Å². The molecule has 0 radical (unpaired) electrons. The Hall–Kier alpha value is -0.860. The van der Waals surface area contributed by atoms with Crippen LogP contribution in [0.1, 0.15) is 20.8 Å². The van der Waals surface area contributed by atoms with Crippen LogP contribution in [0.3, 0.4) is 0 Å². The van der Waals surface area contributed by atoms with Gasteiger partial charge in [0.15, 0.2) is 0 Å². The standard InChI is InChI=1S/C7H13N3/c1-6(2)7(3)4-8-5-9-10-7/h4-6,10H,1-3H3. The van der Waals surface area contributed by atoms with E-state index in [-0.39, 0.29) is 5.54 Å². The van der Waals surface area contributed by atoms with Crippen LogP contribution in [0.15, 0.2) is 10.1 Å². The fourth-order valence-corrected chi connectivity index (χ4v) is 0.696. The van der Waals surface area contributed by atoms with E-state index in [2.05, 4.69) is 36.3 Å². The Morgan fingerprint density at radius 2 is 2.20 bits per heavy atom. The van der Waals surface area contributed by atoms with Gasteiger partial charge in [-0.1, -0.05) is 13.8 Å². The van der Waals surface area contributed by atoms with Crippen molar-refractivity contribution in [2.75, 3.05) is 0 Å². The minimum Gasteiger partial charge on any atom is -0.297 e. The summed E-state index contributed by atoms with van der Waals surface area (Å²) in [6, 6.07) is 0. The summed E-state index contributed by atoms with van der Waals surface area (Å²) in [5, 5.41) is 3.88. The maximum absolute atomic E-state index is 3.97. The first-order valence-corrected chi connectivity index (χ1v) is 3.48. The van der Waals surface area contributed by atoms with Gasteiger partial charge < -0.3 is 0 Å². The SMILES string of the molecule is CC(C)C1(C)C=NC=NN1. The molecule has 1 N–H and O–H groups in total. The summed E-state index contributed by atoms with van der Waals surface area (Å²) in [5.41, 5.74) is 2.95. The summed E-state index contributed by atoms with van der Waals surface area (Å²) in [7, 11) is 0. The molecule has 1 unspecified atom stereocenters. The molecule has 0 bridgehead atoms. The van der Waals surface area contributed by atoms with Crippen LogP contribution < -0.4 is 5.43 Å². The third-order valence-corrected chi connectivity index (χ3v) is 1.97. The number of aliphatic imine (C=N–C) groups is 1. The van der Waals surface area contributed by atoms with Crippen LogP contribution in [0.25, 0.3) is 0 Å². The molecule has 3 heteroatoms. The lowest BCUT2D eigenvalue weighted by Crippen LogP contribution is -2.47. The van der Waals surface area contributed by atoms with E-state index in [1.54, 1.807) is 0 Å². The molecule has 1 rings (SSSR count). The van der Waals surface area contributed by atoms with Crippen LogP contribution in [0.5, 0.6) is 0 Å². The fraction of sp³-hybridized carbons (Fsp3) is 0.714. The molecule has 3 nitrogen and oxygen atoms in total. The molecule has 0 fully saturated rings. The lowest BCUT2D eigenvalue weighted by Gasteiger charge is -2.30. The predicted molar refractivity (Wildman–Crippen MR) is 43.4 cm³/mol. The van der Waals surface area contributed by atoms with E-state index in [1.165, 1.54) is 6.34 Å². The highest BCUT2D eigenvalue weighted by Gasteiger charge is 2.26. The van der Waals surface area contributed by atoms with Gasteiger partial charge in [-0.3, -0.25) is 5.43 Å². The highest BCUT2D eigenvalue weighted by Crippen LogP contribution is 2.14. The lowest BCUT2D eigenvalue weighted by molar-refractivity contribution is 0.367. The third kappa shape index (κ3) is 1.17. The Morgan fingerprint density at radius 1 is 1.50 bits per heavy atom. The van der Waals surface area contributed by atoms with Gasteiger partial charge >= 0.3 is 0 Å². The third-order valence-electron chi connectivity index (χ3n) is 1.97. The van der Waals surface area contributed by atoms with Gasteiger partial charge in [0.25, 0.3) is 0 Å². The van der Waals surface area contributed by atoms with Crippen LogP contribution in [0, 0.1) is 5.92 Å². The van der Waals surface area contributed by atoms with Crippen molar-refractivity contribution in [3.8, 4) is 0 Å². The molecule has 0 saturated carbocycles. The maximum Gasteiger partial charge on any atom is 0.134 e. The van der Waals surface area contributed by atoms with Gasteiger partial charge in [-0.05, 0) is 12.8 Å². The number of rotatable bonds is 1. The van der Waals surface area contributed by atoms with Crippen molar-refractivity contribution in [2.24, 2.45) is 16.0 Å². The van der Waals surface area contributed by atoms with Gasteiger partial charge in [0.05, 0.1) is 5.54 Å². The first-order valence-electron chi connectivity index (χ1n) is 3.48. The van der Waals surface area contributed by atoms with Gasteiger partial charge in [0.1, 0.15) is 6.34 Å². The number of hydrogen-bond donors (Lipinski definition) is 1. The zero-order chi connectivity index (χ0) is 7.61. The van der Waals surface area contributed by atoms with E-state index in [4.69, 9.17) is 0 Å². The van der Waals surface area contributed by atoms with Gasteiger partial charge in [0, 0.05) is 6.21 Å². The Bertz CT molecular complexity index is 172. The molecule has 1 aliphatic heterocycles. The fourth-order valence-electron chi connectivity index (χ4n) is 0.696. The van der Waals surface area contributed by atoms with Crippen molar-refractivity contribution in [1.82, 2.24) is 5.43 Å². The van der Waals surface area contributed by atoms with Crippen LogP contribution in [-0.4, -0.2) is 18.1 Å². The quantitative estimate of drug-likeness (QED) is 0.578. The van der Waals surface area contributed by atoms with Gasteiger partial charge in [-0.15, -0.1) is 0 Å². The predicted octanol–water partition coefficient (Wildman–Crippen LogP) is 1.02. The summed E-state index contributed by atoms with van der Waals surface area (Å²) in [4.78, 5) is 3.97. The molecule has 56 valence electrons. The van der Waals surface area contributed by atoms with Crippen LogP contribution in [-0.2, 0) is 0 Å². The summed E-state index contributed by atoms with van der Waals surface area (Å²) >= 11 is 0. The second kappa shape index (κ2) is 2.40. The van der Waals surface area contributed by atoms with Crippen LogP contribution in [0.4, 0.5) is 0 Å². The molecular formula is C7H13N3. The summed E-state index contributed by atoms with van der Waals surface area (Å²) in [5.74, 6) is 0.508. The zero-order valence-electron chi connectivity index (χ0n) is 6.63. The van der Waals surface area contributed by atoms with E-state index in [1.807, 2.05) is 6.21 Å². The van der Waals surface area contributed by atoms with Crippen molar-refractivity contribution in [3.05, 3.63) is 0 Å². The van der Waals surface area contributed by atoms with Crippen molar-refractivity contribution >= 4 is 12.6 Å². The Morgan fingerprint density at radius 3 is 2.50 bits per heavy atom. The van der Waals surface area contributed by atoms with Crippen molar-refractivity contribution in [1.29, 1.82) is 0 Å². The molecule has 1 aliphatic rings. The van der Waals surface area contributed by atoms with E-state index in [0.29, 0.717) is 5.92 Å². The maximum atomic E-state index is 3.97. The zero-order valence-corrected chi connectivity index (χ0v) is 6.63. The second-order valence-electron chi connectivity index (χ2n) is 3.07. The van der Waals surface area contributed by atoms with E-state index in [9.17, 15) is 0 Å². The monoisotopic (exact) mass is 139 g/mol. The normalized spacial score (nSPS) is 30.8. The number of nitrogens with one attached hydrogen (secondary N) is 1.